The largest absolute Gasteiger partial charge is 0.370 e. The average Bonchev–Trinajstić information content (AvgIpc) is 3.07. The summed E-state index contributed by atoms with van der Waals surface area (Å²) in [5.41, 5.74) is -0.0756. The Balaban J connectivity index is 1.87. The molecule has 0 radical (unpaired) electrons. The highest BCUT2D eigenvalue weighted by Gasteiger charge is 2.19. The SMILES string of the molecule is CC(C)c1nc(NCCCC2CC2)cc(=O)[nH]1. The van der Waals surface area contributed by atoms with E-state index in [4.69, 9.17) is 0 Å². The van der Waals surface area contributed by atoms with E-state index in [9.17, 15) is 4.79 Å². The Morgan fingerprint density at radius 2 is 2.29 bits per heavy atom. The molecular formula is C13H21N3O. The van der Waals surface area contributed by atoms with E-state index >= 15 is 0 Å². The van der Waals surface area contributed by atoms with E-state index in [1.54, 1.807) is 0 Å². The number of rotatable bonds is 6. The molecule has 1 aromatic rings. The number of anilines is 1. The monoisotopic (exact) mass is 235 g/mol. The Kier molecular flexibility index (Phi) is 3.82. The van der Waals surface area contributed by atoms with E-state index in [1.807, 2.05) is 13.8 Å². The minimum absolute atomic E-state index is 0.0756. The fourth-order valence-electron chi connectivity index (χ4n) is 1.85. The third kappa shape index (κ3) is 3.88. The Bertz CT molecular complexity index is 421. The van der Waals surface area contributed by atoms with Gasteiger partial charge >= 0.3 is 0 Å². The van der Waals surface area contributed by atoms with Gasteiger partial charge in [-0.3, -0.25) is 4.79 Å². The fourth-order valence-corrected chi connectivity index (χ4v) is 1.85. The molecule has 94 valence electrons. The molecule has 1 aliphatic rings. The lowest BCUT2D eigenvalue weighted by molar-refractivity contribution is 0.685. The lowest BCUT2D eigenvalue weighted by atomic mass is 10.2. The van der Waals surface area contributed by atoms with Gasteiger partial charge in [-0.2, -0.15) is 0 Å². The molecule has 0 spiro atoms. The van der Waals surface area contributed by atoms with E-state index in [0.29, 0.717) is 5.82 Å². The van der Waals surface area contributed by atoms with Crippen LogP contribution in [0.2, 0.25) is 0 Å². The minimum atomic E-state index is -0.0756. The summed E-state index contributed by atoms with van der Waals surface area (Å²) >= 11 is 0. The highest BCUT2D eigenvalue weighted by molar-refractivity contribution is 5.33. The van der Waals surface area contributed by atoms with E-state index in [1.165, 1.54) is 25.3 Å². The Morgan fingerprint density at radius 1 is 1.53 bits per heavy atom. The zero-order valence-electron chi connectivity index (χ0n) is 10.6. The van der Waals surface area contributed by atoms with Gasteiger partial charge in [0.25, 0.3) is 5.56 Å². The zero-order chi connectivity index (χ0) is 12.3. The van der Waals surface area contributed by atoms with Crippen LogP contribution in [0.3, 0.4) is 0 Å². The first-order valence-electron chi connectivity index (χ1n) is 6.50. The van der Waals surface area contributed by atoms with Crippen molar-refractivity contribution in [2.24, 2.45) is 5.92 Å². The maximum absolute atomic E-state index is 11.4. The Hall–Kier alpha value is -1.32. The number of hydrogen-bond donors (Lipinski definition) is 2. The Morgan fingerprint density at radius 3 is 2.94 bits per heavy atom. The molecule has 0 unspecified atom stereocenters. The molecule has 0 aromatic carbocycles. The maximum Gasteiger partial charge on any atom is 0.252 e. The van der Waals surface area contributed by atoms with Gasteiger partial charge in [-0.1, -0.05) is 26.7 Å². The van der Waals surface area contributed by atoms with Crippen molar-refractivity contribution in [3.63, 3.8) is 0 Å². The van der Waals surface area contributed by atoms with Crippen molar-refractivity contribution >= 4 is 5.82 Å². The maximum atomic E-state index is 11.4. The molecule has 4 nitrogen and oxygen atoms in total. The number of hydrogen-bond acceptors (Lipinski definition) is 3. The molecule has 1 heterocycles. The van der Waals surface area contributed by atoms with E-state index < -0.39 is 0 Å². The minimum Gasteiger partial charge on any atom is -0.370 e. The molecule has 2 N–H and O–H groups in total. The van der Waals surface area contributed by atoms with Crippen molar-refractivity contribution in [1.29, 1.82) is 0 Å². The topological polar surface area (TPSA) is 57.8 Å². The van der Waals surface area contributed by atoms with Crippen molar-refractivity contribution in [3.05, 3.63) is 22.2 Å². The van der Waals surface area contributed by atoms with Crippen molar-refractivity contribution in [3.8, 4) is 0 Å². The van der Waals surface area contributed by atoms with Crippen molar-refractivity contribution in [1.82, 2.24) is 9.97 Å². The number of aromatic amines is 1. The van der Waals surface area contributed by atoms with Gasteiger partial charge in [0, 0.05) is 18.5 Å². The number of aromatic nitrogens is 2. The van der Waals surface area contributed by atoms with E-state index in [0.717, 1.165) is 24.7 Å². The van der Waals surface area contributed by atoms with Gasteiger partial charge in [-0.05, 0) is 18.8 Å². The molecule has 1 aliphatic carbocycles. The van der Waals surface area contributed by atoms with Gasteiger partial charge in [0.1, 0.15) is 11.6 Å². The zero-order valence-corrected chi connectivity index (χ0v) is 10.6. The lowest BCUT2D eigenvalue weighted by Gasteiger charge is -2.08. The molecule has 0 atom stereocenters. The molecular weight excluding hydrogens is 214 g/mol. The molecule has 2 rings (SSSR count). The lowest BCUT2D eigenvalue weighted by Crippen LogP contribution is -2.15. The van der Waals surface area contributed by atoms with E-state index in [2.05, 4.69) is 15.3 Å². The van der Waals surface area contributed by atoms with Crippen molar-refractivity contribution in [2.75, 3.05) is 11.9 Å². The van der Waals surface area contributed by atoms with Crippen LogP contribution in [-0.2, 0) is 0 Å². The van der Waals surface area contributed by atoms with Crippen molar-refractivity contribution < 1.29 is 0 Å². The van der Waals surface area contributed by atoms with Crippen LogP contribution in [0, 0.1) is 5.92 Å². The second-order valence-electron chi connectivity index (χ2n) is 5.18. The van der Waals surface area contributed by atoms with Crippen LogP contribution in [0.15, 0.2) is 10.9 Å². The molecule has 4 heteroatoms. The standard InChI is InChI=1S/C13H21N3O/c1-9(2)13-15-11(8-12(17)16-13)14-7-3-4-10-5-6-10/h8-10H,3-7H2,1-2H3,(H2,14,15,16,17). The number of H-pyrrole nitrogens is 1. The van der Waals surface area contributed by atoms with Crippen LogP contribution in [0.1, 0.15) is 51.3 Å². The summed E-state index contributed by atoms with van der Waals surface area (Å²) in [6.45, 7) is 4.95. The summed E-state index contributed by atoms with van der Waals surface area (Å²) in [6.07, 6.45) is 5.27. The highest BCUT2D eigenvalue weighted by Crippen LogP contribution is 2.33. The third-order valence-corrected chi connectivity index (χ3v) is 3.10. The second kappa shape index (κ2) is 5.34. The van der Waals surface area contributed by atoms with Gasteiger partial charge in [0.15, 0.2) is 0 Å². The molecule has 0 saturated heterocycles. The van der Waals surface area contributed by atoms with Gasteiger partial charge < -0.3 is 10.3 Å². The van der Waals surface area contributed by atoms with Crippen LogP contribution in [0.5, 0.6) is 0 Å². The molecule has 1 fully saturated rings. The van der Waals surface area contributed by atoms with Crippen LogP contribution in [0.25, 0.3) is 0 Å². The quantitative estimate of drug-likeness (QED) is 0.745. The van der Waals surface area contributed by atoms with Crippen LogP contribution >= 0.6 is 0 Å². The molecule has 0 bridgehead atoms. The third-order valence-electron chi connectivity index (χ3n) is 3.10. The summed E-state index contributed by atoms with van der Waals surface area (Å²) in [7, 11) is 0. The Labute approximate surface area is 102 Å². The van der Waals surface area contributed by atoms with Crippen LogP contribution < -0.4 is 10.9 Å². The van der Waals surface area contributed by atoms with Crippen LogP contribution in [0.4, 0.5) is 5.82 Å². The summed E-state index contributed by atoms with van der Waals surface area (Å²) in [6, 6.07) is 1.53. The first-order valence-corrected chi connectivity index (χ1v) is 6.50. The number of nitrogens with zero attached hydrogens (tertiary/aromatic N) is 1. The van der Waals surface area contributed by atoms with Crippen molar-refractivity contribution in [2.45, 2.75) is 45.4 Å². The molecule has 1 aromatic heterocycles. The second-order valence-corrected chi connectivity index (χ2v) is 5.18. The smallest absolute Gasteiger partial charge is 0.252 e. The van der Waals surface area contributed by atoms with E-state index in [-0.39, 0.29) is 11.5 Å². The molecule has 0 aliphatic heterocycles. The first-order chi connectivity index (χ1) is 8.15. The van der Waals surface area contributed by atoms with Gasteiger partial charge in [0.2, 0.25) is 0 Å². The summed E-state index contributed by atoms with van der Waals surface area (Å²) in [5.74, 6) is 2.67. The predicted octanol–water partition coefficient (Wildman–Crippen LogP) is 2.50. The summed E-state index contributed by atoms with van der Waals surface area (Å²) in [5, 5.41) is 3.23. The summed E-state index contributed by atoms with van der Waals surface area (Å²) < 4.78 is 0. The highest BCUT2D eigenvalue weighted by atomic mass is 16.1. The van der Waals surface area contributed by atoms with Crippen LogP contribution in [-0.4, -0.2) is 16.5 Å². The predicted molar refractivity (Wildman–Crippen MR) is 69.4 cm³/mol. The molecule has 17 heavy (non-hydrogen) atoms. The van der Waals surface area contributed by atoms with Gasteiger partial charge in [-0.25, -0.2) is 4.98 Å². The first kappa shape index (κ1) is 12.1. The molecule has 1 saturated carbocycles. The van der Waals surface area contributed by atoms with Gasteiger partial charge in [-0.15, -0.1) is 0 Å². The molecule has 0 amide bonds. The average molecular weight is 235 g/mol. The van der Waals surface area contributed by atoms with Gasteiger partial charge in [0.05, 0.1) is 0 Å². The summed E-state index contributed by atoms with van der Waals surface area (Å²) in [4.78, 5) is 18.6. The fraction of sp³-hybridized carbons (Fsp3) is 0.692. The normalized spacial score (nSPS) is 15.2. The number of nitrogens with one attached hydrogen (secondary N) is 2.